The molecule has 1 aromatic carbocycles. The number of rotatable bonds is 5. The second-order valence-corrected chi connectivity index (χ2v) is 4.61. The molecule has 2 heteroatoms. The van der Waals surface area contributed by atoms with E-state index >= 15 is 0 Å². The Bertz CT molecular complexity index is 297. The van der Waals surface area contributed by atoms with E-state index in [1.165, 1.54) is 12.0 Å². The minimum absolute atomic E-state index is 0.585. The first-order chi connectivity index (χ1) is 7.31. The molecular weight excluding hydrogens is 184 g/mol. The van der Waals surface area contributed by atoms with Gasteiger partial charge in [-0.05, 0) is 31.0 Å². The van der Waals surface area contributed by atoms with Crippen LogP contribution in [-0.4, -0.2) is 19.1 Å². The molecule has 2 rings (SSSR count). The van der Waals surface area contributed by atoms with E-state index in [-0.39, 0.29) is 0 Å². The second kappa shape index (κ2) is 4.77. The first kappa shape index (κ1) is 10.7. The lowest BCUT2D eigenvalue weighted by molar-refractivity contribution is 0.516. The Morgan fingerprint density at radius 3 is 2.80 bits per heavy atom. The van der Waals surface area contributed by atoms with Crippen LogP contribution in [0.2, 0.25) is 0 Å². The van der Waals surface area contributed by atoms with E-state index in [4.69, 9.17) is 5.73 Å². The maximum Gasteiger partial charge on any atom is 0.0143 e. The van der Waals surface area contributed by atoms with Gasteiger partial charge in [0.15, 0.2) is 0 Å². The standard InChI is InChI=1S/C13H20N2/c1-10(8-14)9-15-13-7-12(13)11-5-3-2-4-6-11/h2-6,10,12-13,15H,7-9,14H2,1H3. The van der Waals surface area contributed by atoms with Crippen LogP contribution in [0.15, 0.2) is 30.3 Å². The first-order valence-electron chi connectivity index (χ1n) is 5.79. The summed E-state index contributed by atoms with van der Waals surface area (Å²) in [7, 11) is 0. The van der Waals surface area contributed by atoms with Crippen molar-refractivity contribution in [2.75, 3.05) is 13.1 Å². The van der Waals surface area contributed by atoms with Crippen LogP contribution >= 0.6 is 0 Å². The lowest BCUT2D eigenvalue weighted by atomic mass is 10.1. The summed E-state index contributed by atoms with van der Waals surface area (Å²) in [6.45, 7) is 4.01. The number of hydrogen-bond donors (Lipinski definition) is 2. The van der Waals surface area contributed by atoms with E-state index in [2.05, 4.69) is 42.6 Å². The third-order valence-electron chi connectivity index (χ3n) is 3.15. The van der Waals surface area contributed by atoms with Gasteiger partial charge in [0, 0.05) is 12.0 Å². The minimum Gasteiger partial charge on any atom is -0.330 e. The van der Waals surface area contributed by atoms with Gasteiger partial charge in [0.25, 0.3) is 0 Å². The molecule has 0 spiro atoms. The number of nitrogens with one attached hydrogen (secondary N) is 1. The van der Waals surface area contributed by atoms with Crippen molar-refractivity contribution in [2.24, 2.45) is 11.7 Å². The monoisotopic (exact) mass is 204 g/mol. The van der Waals surface area contributed by atoms with Crippen molar-refractivity contribution in [1.82, 2.24) is 5.32 Å². The van der Waals surface area contributed by atoms with Crippen LogP contribution in [0.4, 0.5) is 0 Å². The Kier molecular flexibility index (Phi) is 3.39. The summed E-state index contributed by atoms with van der Waals surface area (Å²) in [5.74, 6) is 1.32. The molecule has 3 unspecified atom stereocenters. The highest BCUT2D eigenvalue weighted by Gasteiger charge is 2.37. The summed E-state index contributed by atoms with van der Waals surface area (Å²) in [4.78, 5) is 0. The van der Waals surface area contributed by atoms with E-state index < -0.39 is 0 Å². The van der Waals surface area contributed by atoms with Gasteiger partial charge >= 0.3 is 0 Å². The summed E-state index contributed by atoms with van der Waals surface area (Å²) >= 11 is 0. The molecule has 0 radical (unpaired) electrons. The van der Waals surface area contributed by atoms with Crippen LogP contribution in [0.5, 0.6) is 0 Å². The molecule has 3 N–H and O–H groups in total. The van der Waals surface area contributed by atoms with Crippen molar-refractivity contribution in [3.8, 4) is 0 Å². The van der Waals surface area contributed by atoms with Crippen molar-refractivity contribution < 1.29 is 0 Å². The van der Waals surface area contributed by atoms with Gasteiger partial charge in [-0.15, -0.1) is 0 Å². The third-order valence-corrected chi connectivity index (χ3v) is 3.15. The van der Waals surface area contributed by atoms with Gasteiger partial charge in [-0.25, -0.2) is 0 Å². The fourth-order valence-electron chi connectivity index (χ4n) is 1.93. The predicted molar refractivity (Wildman–Crippen MR) is 63.8 cm³/mol. The Labute approximate surface area is 91.9 Å². The zero-order valence-electron chi connectivity index (χ0n) is 9.32. The molecule has 1 fully saturated rings. The van der Waals surface area contributed by atoms with Gasteiger partial charge < -0.3 is 11.1 Å². The molecule has 1 aliphatic rings. The van der Waals surface area contributed by atoms with Crippen molar-refractivity contribution in [2.45, 2.75) is 25.3 Å². The Morgan fingerprint density at radius 1 is 1.40 bits per heavy atom. The maximum absolute atomic E-state index is 5.58. The van der Waals surface area contributed by atoms with Gasteiger partial charge in [-0.1, -0.05) is 37.3 Å². The zero-order valence-corrected chi connectivity index (χ0v) is 9.32. The SMILES string of the molecule is CC(CN)CNC1CC1c1ccccc1. The van der Waals surface area contributed by atoms with Crippen molar-refractivity contribution in [1.29, 1.82) is 0 Å². The van der Waals surface area contributed by atoms with Crippen molar-refractivity contribution in [3.63, 3.8) is 0 Å². The predicted octanol–water partition coefficient (Wildman–Crippen LogP) is 1.73. The zero-order chi connectivity index (χ0) is 10.7. The molecule has 1 aromatic rings. The molecule has 1 saturated carbocycles. The molecule has 0 saturated heterocycles. The van der Waals surface area contributed by atoms with Crippen LogP contribution in [0.3, 0.4) is 0 Å². The molecule has 0 aliphatic heterocycles. The maximum atomic E-state index is 5.58. The first-order valence-corrected chi connectivity index (χ1v) is 5.79. The van der Waals surface area contributed by atoms with E-state index in [1.54, 1.807) is 0 Å². The average Bonchev–Trinajstić information content (AvgIpc) is 3.06. The van der Waals surface area contributed by atoms with Crippen LogP contribution in [0.25, 0.3) is 0 Å². The second-order valence-electron chi connectivity index (χ2n) is 4.61. The third kappa shape index (κ3) is 2.80. The van der Waals surface area contributed by atoms with Crippen LogP contribution < -0.4 is 11.1 Å². The van der Waals surface area contributed by atoms with Crippen LogP contribution in [-0.2, 0) is 0 Å². The summed E-state index contributed by atoms with van der Waals surface area (Å²) in [5.41, 5.74) is 7.05. The lowest BCUT2D eigenvalue weighted by Crippen LogP contribution is -2.28. The molecule has 0 bridgehead atoms. The van der Waals surface area contributed by atoms with Gasteiger partial charge in [-0.3, -0.25) is 0 Å². The van der Waals surface area contributed by atoms with Gasteiger partial charge in [0.1, 0.15) is 0 Å². The smallest absolute Gasteiger partial charge is 0.0143 e. The summed E-state index contributed by atoms with van der Waals surface area (Å²) in [6, 6.07) is 11.4. The van der Waals surface area contributed by atoms with Gasteiger partial charge in [0.05, 0.1) is 0 Å². The summed E-state index contributed by atoms with van der Waals surface area (Å²) in [5, 5.41) is 3.58. The van der Waals surface area contributed by atoms with Crippen molar-refractivity contribution in [3.05, 3.63) is 35.9 Å². The highest BCUT2D eigenvalue weighted by Crippen LogP contribution is 2.40. The topological polar surface area (TPSA) is 38.0 Å². The molecular formula is C13H20N2. The molecule has 2 nitrogen and oxygen atoms in total. The molecule has 82 valence electrons. The molecule has 3 atom stereocenters. The Hall–Kier alpha value is -0.860. The van der Waals surface area contributed by atoms with Gasteiger partial charge in [0.2, 0.25) is 0 Å². The molecule has 1 aliphatic carbocycles. The van der Waals surface area contributed by atoms with E-state index in [1.807, 2.05) is 0 Å². The highest BCUT2D eigenvalue weighted by molar-refractivity contribution is 5.27. The Balaban J connectivity index is 1.77. The molecule has 0 heterocycles. The number of nitrogens with two attached hydrogens (primary N) is 1. The van der Waals surface area contributed by atoms with E-state index in [9.17, 15) is 0 Å². The number of benzene rings is 1. The Morgan fingerprint density at radius 2 is 2.13 bits per heavy atom. The van der Waals surface area contributed by atoms with Crippen LogP contribution in [0.1, 0.15) is 24.8 Å². The fraction of sp³-hybridized carbons (Fsp3) is 0.538. The molecule has 0 aromatic heterocycles. The number of hydrogen-bond acceptors (Lipinski definition) is 2. The minimum atomic E-state index is 0.585. The average molecular weight is 204 g/mol. The van der Waals surface area contributed by atoms with Crippen LogP contribution in [0, 0.1) is 5.92 Å². The lowest BCUT2D eigenvalue weighted by Gasteiger charge is -2.09. The highest BCUT2D eigenvalue weighted by atomic mass is 15.0. The molecule has 0 amide bonds. The quantitative estimate of drug-likeness (QED) is 0.766. The normalized spacial score (nSPS) is 26.3. The van der Waals surface area contributed by atoms with E-state index in [0.29, 0.717) is 12.0 Å². The fourth-order valence-corrected chi connectivity index (χ4v) is 1.93. The van der Waals surface area contributed by atoms with Crippen molar-refractivity contribution >= 4 is 0 Å². The van der Waals surface area contributed by atoms with E-state index in [0.717, 1.165) is 19.0 Å². The summed E-state index contributed by atoms with van der Waals surface area (Å²) < 4.78 is 0. The largest absolute Gasteiger partial charge is 0.330 e. The summed E-state index contributed by atoms with van der Waals surface area (Å²) in [6.07, 6.45) is 1.28. The van der Waals surface area contributed by atoms with Gasteiger partial charge in [-0.2, -0.15) is 0 Å². The molecule has 15 heavy (non-hydrogen) atoms.